The Bertz CT molecular complexity index is 8.00. The molecule has 4 heteroatoms. The van der Waals surface area contributed by atoms with Crippen LogP contribution in [0.3, 0.4) is 0 Å². The number of hydrogen-bond donors (Lipinski definition) is 0. The minimum atomic E-state index is 0. The van der Waals surface area contributed by atoms with Crippen LogP contribution in [0.1, 0.15) is 0 Å². The third-order valence-electron chi connectivity index (χ3n) is 0. The first-order valence-electron chi connectivity index (χ1n) is 0. The molecule has 0 fully saturated rings. The van der Waals surface area contributed by atoms with Gasteiger partial charge in [0.05, 0.1) is 0 Å². The topological polar surface area (TPSA) is 0 Å². The summed E-state index contributed by atoms with van der Waals surface area (Å²) in [5, 5.41) is 0. The second kappa shape index (κ2) is 18.7. The van der Waals surface area contributed by atoms with Crippen LogP contribution in [0.25, 0.3) is 0 Å². The van der Waals surface area contributed by atoms with Gasteiger partial charge in [-0.2, -0.15) is 0 Å². The van der Waals surface area contributed by atoms with Crippen LogP contribution in [0.2, 0.25) is 0 Å². The molecule has 0 aliphatic rings. The third kappa shape index (κ3) is 8.86. The van der Waals surface area contributed by atoms with Crippen LogP contribution in [0, 0.1) is 0 Å². The van der Waals surface area contributed by atoms with Crippen LogP contribution in [-0.4, -0.2) is 18.9 Å². The zero-order valence-corrected chi connectivity index (χ0v) is 6.69. The van der Waals surface area contributed by atoms with Gasteiger partial charge in [-0.05, 0) is 0 Å². The van der Waals surface area contributed by atoms with E-state index in [1.807, 2.05) is 0 Å². The smallest absolute Gasteiger partial charge is 0 e. The summed E-state index contributed by atoms with van der Waals surface area (Å²) in [5.74, 6) is 0. The van der Waals surface area contributed by atoms with E-state index >= 15 is 0 Å². The Balaban J connectivity index is 0. The molecule has 0 bridgehead atoms. The zero-order chi connectivity index (χ0) is 0. The third-order valence-corrected chi connectivity index (χ3v) is 0. The largest absolute Gasteiger partial charge is 0 e. The molecule has 0 rings (SSSR count). The van der Waals surface area contributed by atoms with Crippen LogP contribution >= 0.6 is 0 Å². The van der Waals surface area contributed by atoms with Gasteiger partial charge in [-0.15, -0.1) is 0 Å². The van der Waals surface area contributed by atoms with Crippen molar-refractivity contribution >= 4 is 18.9 Å². The van der Waals surface area contributed by atoms with Gasteiger partial charge in [0.2, 0.25) is 0 Å². The average Bonchev–Trinajstić information content (AvgIpc) is 0. The summed E-state index contributed by atoms with van der Waals surface area (Å²) in [6.45, 7) is 0. The van der Waals surface area contributed by atoms with E-state index in [9.17, 15) is 0 Å². The molecule has 0 atom stereocenters. The van der Waals surface area contributed by atoms with Crippen molar-refractivity contribution in [2.45, 2.75) is 0 Å². The maximum Gasteiger partial charge on any atom is 0 e. The van der Waals surface area contributed by atoms with Crippen molar-refractivity contribution in [3.05, 3.63) is 0 Å². The number of rotatable bonds is 0. The van der Waals surface area contributed by atoms with Crippen molar-refractivity contribution in [1.82, 2.24) is 0 Å². The molecule has 0 aromatic rings. The van der Waals surface area contributed by atoms with Crippen molar-refractivity contribution in [2.24, 2.45) is 0 Å². The summed E-state index contributed by atoms with van der Waals surface area (Å²) in [7, 11) is 0. The van der Waals surface area contributed by atoms with Crippen LogP contribution < -0.4 is 0 Å². The van der Waals surface area contributed by atoms with Crippen LogP contribution in [0.5, 0.6) is 0 Å². The normalized spacial score (nSPS) is 0. The molecule has 0 aliphatic heterocycles. The first-order valence-corrected chi connectivity index (χ1v) is 0. The summed E-state index contributed by atoms with van der Waals surface area (Å²) in [5.41, 5.74) is 0. The molecule has 0 N–H and O–H groups in total. The van der Waals surface area contributed by atoms with Gasteiger partial charge in [-0.3, -0.25) is 0 Å². The minimum Gasteiger partial charge on any atom is 0 e. The summed E-state index contributed by atoms with van der Waals surface area (Å²) in [4.78, 5) is 0. The molecule has 4 heavy (non-hydrogen) atoms. The van der Waals surface area contributed by atoms with Crippen molar-refractivity contribution < 1.29 is 53.6 Å². The first kappa shape index (κ1) is 33.9. The molecule has 0 heterocycles. The molecule has 0 amide bonds. The molecule has 0 nitrogen and oxygen atoms in total. The molecular formula is HFeLiMnZn. The summed E-state index contributed by atoms with van der Waals surface area (Å²) in [6, 6.07) is 0. The molecule has 0 aliphatic carbocycles. The zero-order valence-electron chi connectivity index (χ0n) is 1.44. The standard InChI is InChI=1S/Fe.Li.Mn.Zn.H. The number of hydrogen-bond acceptors (Lipinski definition) is 0. The fourth-order valence-corrected chi connectivity index (χ4v) is 0. The molecule has 0 saturated carbocycles. The van der Waals surface area contributed by atoms with E-state index in [4.69, 9.17) is 0 Å². The van der Waals surface area contributed by atoms with Crippen molar-refractivity contribution in [1.29, 1.82) is 0 Å². The molecule has 0 saturated heterocycles. The van der Waals surface area contributed by atoms with Gasteiger partial charge in [0.15, 0.2) is 0 Å². The quantitative estimate of drug-likeness (QED) is 0.439. The van der Waals surface area contributed by atoms with Gasteiger partial charge in [0.1, 0.15) is 0 Å². The Morgan fingerprint density at radius 2 is 1.00 bits per heavy atom. The molecule has 19 valence electrons. The minimum absolute atomic E-state index is 0. The van der Waals surface area contributed by atoms with E-state index in [-0.39, 0.29) is 72.5 Å². The Morgan fingerprint density at radius 1 is 1.00 bits per heavy atom. The summed E-state index contributed by atoms with van der Waals surface area (Å²) >= 11 is 0. The Kier molecular flexibility index (Phi) is 158. The summed E-state index contributed by atoms with van der Waals surface area (Å²) in [6.07, 6.45) is 0. The van der Waals surface area contributed by atoms with E-state index in [0.717, 1.165) is 0 Å². The van der Waals surface area contributed by atoms with Gasteiger partial charge in [-0.25, -0.2) is 0 Å². The molecular weight excluding hydrogens is 183 g/mol. The average molecular weight is 184 g/mol. The van der Waals surface area contributed by atoms with E-state index in [1.54, 1.807) is 0 Å². The van der Waals surface area contributed by atoms with Crippen LogP contribution in [0.4, 0.5) is 0 Å². The van der Waals surface area contributed by atoms with Crippen LogP contribution in [0.15, 0.2) is 0 Å². The maximum atomic E-state index is 0. The van der Waals surface area contributed by atoms with Crippen molar-refractivity contribution in [2.75, 3.05) is 0 Å². The Morgan fingerprint density at radius 3 is 1.00 bits per heavy atom. The predicted molar refractivity (Wildman–Crippen MR) is 7.15 cm³/mol. The van der Waals surface area contributed by atoms with Gasteiger partial charge in [0, 0.05) is 53.6 Å². The Labute approximate surface area is 71.7 Å². The SMILES string of the molecule is [Fe].[LiH].[Mn].[Zn]. The van der Waals surface area contributed by atoms with Crippen molar-refractivity contribution in [3.8, 4) is 0 Å². The van der Waals surface area contributed by atoms with Gasteiger partial charge in [-0.1, -0.05) is 0 Å². The summed E-state index contributed by atoms with van der Waals surface area (Å²) < 4.78 is 0. The molecule has 0 unspecified atom stereocenters. The predicted octanol–water partition coefficient (Wildman–Crippen LogP) is -0.656. The van der Waals surface area contributed by atoms with Crippen LogP contribution in [-0.2, 0) is 53.6 Å². The molecule has 0 spiro atoms. The Hall–Kier alpha value is 2.26. The van der Waals surface area contributed by atoms with Gasteiger partial charge in [0.25, 0.3) is 0 Å². The molecule has 1 radical (unpaired) electrons. The second-order valence-corrected chi connectivity index (χ2v) is 0. The fourth-order valence-electron chi connectivity index (χ4n) is 0. The monoisotopic (exact) mass is 183 g/mol. The maximum absolute atomic E-state index is 0. The van der Waals surface area contributed by atoms with Gasteiger partial charge < -0.3 is 0 Å². The van der Waals surface area contributed by atoms with E-state index < -0.39 is 0 Å². The van der Waals surface area contributed by atoms with Gasteiger partial charge >= 0.3 is 18.9 Å². The fraction of sp³-hybridized carbons (Fsp3) is 0. The molecule has 0 aromatic heterocycles. The molecule has 0 aromatic carbocycles. The first-order chi connectivity index (χ1) is 0. The van der Waals surface area contributed by atoms with E-state index in [1.165, 1.54) is 0 Å². The van der Waals surface area contributed by atoms with Crippen molar-refractivity contribution in [3.63, 3.8) is 0 Å². The van der Waals surface area contributed by atoms with E-state index in [2.05, 4.69) is 0 Å². The van der Waals surface area contributed by atoms with E-state index in [0.29, 0.717) is 0 Å². The second-order valence-electron chi connectivity index (χ2n) is 0.